The van der Waals surface area contributed by atoms with Crippen molar-refractivity contribution in [3.63, 3.8) is 0 Å². The van der Waals surface area contributed by atoms with Gasteiger partial charge in [0.25, 0.3) is 0 Å². The average molecular weight is 183 g/mol. The van der Waals surface area contributed by atoms with Crippen LogP contribution in [0.2, 0.25) is 0 Å². The first kappa shape index (κ1) is 12.7. The minimum absolute atomic E-state index is 0.612. The van der Waals surface area contributed by atoms with Gasteiger partial charge in [-0.05, 0) is 31.8 Å². The van der Waals surface area contributed by atoms with Gasteiger partial charge in [0.05, 0.1) is 0 Å². The number of nitrogens with zero attached hydrogens (tertiary/aromatic N) is 1. The lowest BCUT2D eigenvalue weighted by Gasteiger charge is -2.20. The third kappa shape index (κ3) is 6.83. The molecule has 0 N–H and O–H groups in total. The molecule has 0 fully saturated rings. The van der Waals surface area contributed by atoms with Crippen LogP contribution in [-0.2, 0) is 0 Å². The summed E-state index contributed by atoms with van der Waals surface area (Å²) in [6.45, 7) is 15.3. The second-order valence-corrected chi connectivity index (χ2v) is 4.73. The molecule has 0 aliphatic carbocycles. The molecule has 0 unspecified atom stereocenters. The fourth-order valence-corrected chi connectivity index (χ4v) is 1.09. The van der Waals surface area contributed by atoms with Crippen molar-refractivity contribution in [1.82, 2.24) is 4.90 Å². The first-order valence-electron chi connectivity index (χ1n) is 5.29. The minimum atomic E-state index is 0.612. The van der Waals surface area contributed by atoms with E-state index in [4.69, 9.17) is 0 Å². The quantitative estimate of drug-likeness (QED) is 0.572. The number of likely N-dealkylation sites (N-methyl/N-ethyl adjacent to an activating group) is 1. The molecule has 0 bridgehead atoms. The summed E-state index contributed by atoms with van der Waals surface area (Å²) in [5.41, 5.74) is 1.34. The van der Waals surface area contributed by atoms with E-state index in [1.807, 2.05) is 0 Å². The predicted octanol–water partition coefficient (Wildman–Crippen LogP) is 3.18. The van der Waals surface area contributed by atoms with E-state index < -0.39 is 0 Å². The summed E-state index contributed by atoms with van der Waals surface area (Å²) in [5.74, 6) is 1.41. The Morgan fingerprint density at radius 2 is 1.77 bits per heavy atom. The lowest BCUT2D eigenvalue weighted by atomic mass is 10.0. The van der Waals surface area contributed by atoms with E-state index in [9.17, 15) is 0 Å². The Morgan fingerprint density at radius 3 is 2.15 bits per heavy atom. The van der Waals surface area contributed by atoms with Crippen LogP contribution in [0.1, 0.15) is 34.1 Å². The highest BCUT2D eigenvalue weighted by molar-refractivity contribution is 4.99. The Balaban J connectivity index is 3.62. The molecule has 1 heteroatoms. The van der Waals surface area contributed by atoms with E-state index in [0.29, 0.717) is 5.92 Å². The lowest BCUT2D eigenvalue weighted by Crippen LogP contribution is -2.24. The number of rotatable bonds is 6. The zero-order valence-electron chi connectivity index (χ0n) is 9.93. The second-order valence-electron chi connectivity index (χ2n) is 4.73. The van der Waals surface area contributed by atoms with Crippen LogP contribution >= 0.6 is 0 Å². The van der Waals surface area contributed by atoms with Crippen LogP contribution in [0, 0.1) is 11.8 Å². The minimum Gasteiger partial charge on any atom is -0.302 e. The van der Waals surface area contributed by atoms with Crippen LogP contribution in [0.4, 0.5) is 0 Å². The SMILES string of the molecule is C=C(CN(C)CCC(C)C)C(C)C. The summed E-state index contributed by atoms with van der Waals surface area (Å²) in [4.78, 5) is 2.36. The average Bonchev–Trinajstić information content (AvgIpc) is 2.00. The van der Waals surface area contributed by atoms with Crippen molar-refractivity contribution < 1.29 is 0 Å². The summed E-state index contributed by atoms with van der Waals surface area (Å²) in [6.07, 6.45) is 1.28. The van der Waals surface area contributed by atoms with Crippen LogP contribution in [0.25, 0.3) is 0 Å². The van der Waals surface area contributed by atoms with Crippen molar-refractivity contribution in [2.24, 2.45) is 11.8 Å². The molecule has 0 saturated heterocycles. The van der Waals surface area contributed by atoms with Crippen LogP contribution < -0.4 is 0 Å². The van der Waals surface area contributed by atoms with Gasteiger partial charge in [0.15, 0.2) is 0 Å². The standard InChI is InChI=1S/C12H25N/c1-10(2)7-8-13(6)9-12(5)11(3)4/h10-11H,5,7-9H2,1-4,6H3. The molecule has 0 radical (unpaired) electrons. The third-order valence-electron chi connectivity index (χ3n) is 2.38. The molecule has 0 aromatic heterocycles. The molecule has 0 amide bonds. The normalized spacial score (nSPS) is 11.7. The van der Waals surface area contributed by atoms with Crippen molar-refractivity contribution in [1.29, 1.82) is 0 Å². The number of hydrogen-bond acceptors (Lipinski definition) is 1. The van der Waals surface area contributed by atoms with Gasteiger partial charge in [0.2, 0.25) is 0 Å². The van der Waals surface area contributed by atoms with E-state index in [1.54, 1.807) is 0 Å². The zero-order chi connectivity index (χ0) is 10.4. The van der Waals surface area contributed by atoms with Crippen molar-refractivity contribution in [2.45, 2.75) is 34.1 Å². The molecule has 0 aliphatic heterocycles. The van der Waals surface area contributed by atoms with E-state index in [1.165, 1.54) is 18.5 Å². The molecule has 0 aliphatic rings. The molecule has 0 heterocycles. The molecule has 0 aromatic carbocycles. The maximum Gasteiger partial charge on any atom is 0.0189 e. The fourth-order valence-electron chi connectivity index (χ4n) is 1.09. The van der Waals surface area contributed by atoms with Gasteiger partial charge in [-0.15, -0.1) is 0 Å². The van der Waals surface area contributed by atoms with Gasteiger partial charge in [0, 0.05) is 6.54 Å². The monoisotopic (exact) mass is 183 g/mol. The van der Waals surface area contributed by atoms with Crippen LogP contribution in [0.3, 0.4) is 0 Å². The maximum absolute atomic E-state index is 4.08. The van der Waals surface area contributed by atoms with Crippen LogP contribution in [0.15, 0.2) is 12.2 Å². The first-order valence-corrected chi connectivity index (χ1v) is 5.29. The summed E-state index contributed by atoms with van der Waals surface area (Å²) in [7, 11) is 2.18. The smallest absolute Gasteiger partial charge is 0.0189 e. The highest BCUT2D eigenvalue weighted by Crippen LogP contribution is 2.09. The highest BCUT2D eigenvalue weighted by Gasteiger charge is 2.05. The van der Waals surface area contributed by atoms with Gasteiger partial charge >= 0.3 is 0 Å². The largest absolute Gasteiger partial charge is 0.302 e. The molecule has 0 saturated carbocycles. The van der Waals surface area contributed by atoms with Gasteiger partial charge < -0.3 is 4.90 Å². The topological polar surface area (TPSA) is 3.24 Å². The molecule has 0 atom stereocenters. The number of hydrogen-bond donors (Lipinski definition) is 0. The third-order valence-corrected chi connectivity index (χ3v) is 2.38. The fraction of sp³-hybridized carbons (Fsp3) is 0.833. The maximum atomic E-state index is 4.08. The Morgan fingerprint density at radius 1 is 1.23 bits per heavy atom. The van der Waals surface area contributed by atoms with Gasteiger partial charge in [0.1, 0.15) is 0 Å². The predicted molar refractivity (Wildman–Crippen MR) is 60.9 cm³/mol. The van der Waals surface area contributed by atoms with Gasteiger partial charge in [-0.3, -0.25) is 0 Å². The summed E-state index contributed by atoms with van der Waals surface area (Å²) >= 11 is 0. The zero-order valence-corrected chi connectivity index (χ0v) is 9.93. The van der Waals surface area contributed by atoms with Crippen LogP contribution in [0.5, 0.6) is 0 Å². The van der Waals surface area contributed by atoms with Gasteiger partial charge in [-0.1, -0.05) is 39.8 Å². The van der Waals surface area contributed by atoms with Crippen LogP contribution in [-0.4, -0.2) is 25.0 Å². The highest BCUT2D eigenvalue weighted by atomic mass is 15.1. The Bertz CT molecular complexity index is 147. The molecular weight excluding hydrogens is 158 g/mol. The van der Waals surface area contributed by atoms with Crippen molar-refractivity contribution >= 4 is 0 Å². The van der Waals surface area contributed by atoms with Crippen molar-refractivity contribution in [3.05, 3.63) is 12.2 Å². The Labute approximate surface area is 83.8 Å². The second kappa shape index (κ2) is 6.20. The first-order chi connectivity index (χ1) is 5.93. The van der Waals surface area contributed by atoms with E-state index >= 15 is 0 Å². The lowest BCUT2D eigenvalue weighted by molar-refractivity contribution is 0.326. The summed E-state index contributed by atoms with van der Waals surface area (Å²) in [5, 5.41) is 0. The van der Waals surface area contributed by atoms with Gasteiger partial charge in [-0.25, -0.2) is 0 Å². The molecule has 13 heavy (non-hydrogen) atoms. The van der Waals surface area contributed by atoms with E-state index in [0.717, 1.165) is 12.5 Å². The molecular formula is C12H25N. The molecule has 0 spiro atoms. The van der Waals surface area contributed by atoms with Crippen molar-refractivity contribution in [3.8, 4) is 0 Å². The van der Waals surface area contributed by atoms with Gasteiger partial charge in [-0.2, -0.15) is 0 Å². The molecule has 0 aromatic rings. The summed E-state index contributed by atoms with van der Waals surface area (Å²) in [6, 6.07) is 0. The van der Waals surface area contributed by atoms with Crippen molar-refractivity contribution in [2.75, 3.05) is 20.1 Å². The molecule has 0 rings (SSSR count). The van der Waals surface area contributed by atoms with E-state index in [-0.39, 0.29) is 0 Å². The molecule has 1 nitrogen and oxygen atoms in total. The summed E-state index contributed by atoms with van der Waals surface area (Å²) < 4.78 is 0. The van der Waals surface area contributed by atoms with E-state index in [2.05, 4.69) is 46.2 Å². The Hall–Kier alpha value is -0.300. The Kier molecular flexibility index (Phi) is 6.06. The molecule has 78 valence electrons.